The predicted octanol–water partition coefficient (Wildman–Crippen LogP) is 3.49. The minimum Gasteiger partial charge on any atom is -0.486 e. The standard InChI is InChI=1S/C15H12F3NO2/c16-11-7-13(18)12(17)5-9(11)8-19-10-1-2-14-15(6-10)21-4-3-20-14/h1-2,5-7,19H,3-4,8H2. The van der Waals surface area contributed by atoms with Gasteiger partial charge in [0.05, 0.1) is 0 Å². The van der Waals surface area contributed by atoms with Crippen molar-refractivity contribution in [3.8, 4) is 11.5 Å². The molecule has 110 valence electrons. The van der Waals surface area contributed by atoms with E-state index in [9.17, 15) is 13.2 Å². The molecule has 0 amide bonds. The van der Waals surface area contributed by atoms with Crippen LogP contribution in [0.25, 0.3) is 0 Å². The molecular formula is C15H12F3NO2. The van der Waals surface area contributed by atoms with Gasteiger partial charge in [-0.15, -0.1) is 0 Å². The number of nitrogens with one attached hydrogen (secondary N) is 1. The summed E-state index contributed by atoms with van der Waals surface area (Å²) in [4.78, 5) is 0. The van der Waals surface area contributed by atoms with Crippen LogP contribution < -0.4 is 14.8 Å². The lowest BCUT2D eigenvalue weighted by atomic mass is 10.2. The Kier molecular flexibility index (Phi) is 3.60. The quantitative estimate of drug-likeness (QED) is 0.879. The predicted molar refractivity (Wildman–Crippen MR) is 71.1 cm³/mol. The number of anilines is 1. The molecule has 0 unspecified atom stereocenters. The summed E-state index contributed by atoms with van der Waals surface area (Å²) in [5, 5.41) is 2.93. The van der Waals surface area contributed by atoms with Gasteiger partial charge in [0.25, 0.3) is 0 Å². The lowest BCUT2D eigenvalue weighted by Crippen LogP contribution is -2.15. The molecule has 1 N–H and O–H groups in total. The Bertz CT molecular complexity index is 676. The fourth-order valence-corrected chi connectivity index (χ4v) is 2.05. The molecule has 1 heterocycles. The van der Waals surface area contributed by atoms with Crippen molar-refractivity contribution in [3.63, 3.8) is 0 Å². The Balaban J connectivity index is 1.74. The van der Waals surface area contributed by atoms with E-state index in [0.29, 0.717) is 36.5 Å². The summed E-state index contributed by atoms with van der Waals surface area (Å²) >= 11 is 0. The van der Waals surface area contributed by atoms with Crippen molar-refractivity contribution in [1.82, 2.24) is 0 Å². The van der Waals surface area contributed by atoms with Crippen molar-refractivity contribution in [1.29, 1.82) is 0 Å². The van der Waals surface area contributed by atoms with Gasteiger partial charge >= 0.3 is 0 Å². The van der Waals surface area contributed by atoms with E-state index < -0.39 is 17.5 Å². The lowest BCUT2D eigenvalue weighted by molar-refractivity contribution is 0.171. The van der Waals surface area contributed by atoms with Gasteiger partial charge in [-0.3, -0.25) is 0 Å². The molecule has 1 aliphatic heterocycles. The molecule has 0 aliphatic carbocycles. The van der Waals surface area contributed by atoms with Crippen LogP contribution in [-0.2, 0) is 6.54 Å². The molecule has 0 bridgehead atoms. The van der Waals surface area contributed by atoms with Gasteiger partial charge in [-0.2, -0.15) is 0 Å². The van der Waals surface area contributed by atoms with E-state index in [1.54, 1.807) is 18.2 Å². The van der Waals surface area contributed by atoms with E-state index >= 15 is 0 Å². The normalized spacial score (nSPS) is 13.1. The number of benzene rings is 2. The zero-order valence-electron chi connectivity index (χ0n) is 11.0. The van der Waals surface area contributed by atoms with E-state index in [1.165, 1.54) is 0 Å². The van der Waals surface area contributed by atoms with Crippen LogP contribution in [0.5, 0.6) is 11.5 Å². The van der Waals surface area contributed by atoms with E-state index in [0.717, 1.165) is 6.07 Å². The molecule has 2 aromatic carbocycles. The van der Waals surface area contributed by atoms with Crippen molar-refractivity contribution in [2.75, 3.05) is 18.5 Å². The number of halogens is 3. The summed E-state index contributed by atoms with van der Waals surface area (Å²) in [6.45, 7) is 0.997. The molecule has 2 aromatic rings. The molecule has 1 aliphatic rings. The van der Waals surface area contributed by atoms with Crippen molar-refractivity contribution in [2.45, 2.75) is 6.54 Å². The molecule has 21 heavy (non-hydrogen) atoms. The molecular weight excluding hydrogens is 283 g/mol. The largest absolute Gasteiger partial charge is 0.486 e. The molecule has 0 saturated carbocycles. The number of rotatable bonds is 3. The Morgan fingerprint density at radius 1 is 0.857 bits per heavy atom. The Morgan fingerprint density at radius 2 is 1.57 bits per heavy atom. The smallest absolute Gasteiger partial charge is 0.163 e. The fourth-order valence-electron chi connectivity index (χ4n) is 2.05. The molecule has 0 saturated heterocycles. The molecule has 0 spiro atoms. The third kappa shape index (κ3) is 2.89. The zero-order chi connectivity index (χ0) is 14.8. The number of ether oxygens (including phenoxy) is 2. The molecule has 0 fully saturated rings. The Morgan fingerprint density at radius 3 is 2.38 bits per heavy atom. The van der Waals surface area contributed by atoms with Crippen LogP contribution >= 0.6 is 0 Å². The van der Waals surface area contributed by atoms with Crippen LogP contribution in [-0.4, -0.2) is 13.2 Å². The lowest BCUT2D eigenvalue weighted by Gasteiger charge is -2.19. The molecule has 3 rings (SSSR count). The van der Waals surface area contributed by atoms with Gasteiger partial charge in [-0.1, -0.05) is 0 Å². The molecule has 0 atom stereocenters. The summed E-state index contributed by atoms with van der Waals surface area (Å²) in [6.07, 6.45) is 0. The molecule has 0 aromatic heterocycles. The first-order valence-electron chi connectivity index (χ1n) is 6.40. The van der Waals surface area contributed by atoms with Crippen molar-refractivity contribution in [3.05, 3.63) is 53.3 Å². The average Bonchev–Trinajstić information content (AvgIpc) is 2.49. The average molecular weight is 295 g/mol. The minimum absolute atomic E-state index is 0.0304. The highest BCUT2D eigenvalue weighted by molar-refractivity contribution is 5.55. The van der Waals surface area contributed by atoms with Crippen LogP contribution in [0.2, 0.25) is 0 Å². The second kappa shape index (κ2) is 5.55. The number of hydrogen-bond donors (Lipinski definition) is 1. The second-order valence-corrected chi connectivity index (χ2v) is 4.57. The maximum absolute atomic E-state index is 13.5. The SMILES string of the molecule is Fc1cc(F)c(CNc2ccc3c(c2)OCCO3)cc1F. The van der Waals surface area contributed by atoms with Gasteiger partial charge in [-0.05, 0) is 18.2 Å². The Hall–Kier alpha value is -2.37. The van der Waals surface area contributed by atoms with Gasteiger partial charge in [0.1, 0.15) is 19.0 Å². The van der Waals surface area contributed by atoms with E-state index in [-0.39, 0.29) is 12.1 Å². The van der Waals surface area contributed by atoms with Crippen molar-refractivity contribution < 1.29 is 22.6 Å². The summed E-state index contributed by atoms with van der Waals surface area (Å²) in [6, 6.07) is 6.57. The monoisotopic (exact) mass is 295 g/mol. The summed E-state index contributed by atoms with van der Waals surface area (Å²) in [7, 11) is 0. The first-order chi connectivity index (χ1) is 10.1. The maximum Gasteiger partial charge on any atom is 0.163 e. The summed E-state index contributed by atoms with van der Waals surface area (Å²) < 4.78 is 50.3. The van der Waals surface area contributed by atoms with Crippen LogP contribution in [0.15, 0.2) is 30.3 Å². The first kappa shape index (κ1) is 13.6. The van der Waals surface area contributed by atoms with Crippen molar-refractivity contribution >= 4 is 5.69 Å². The first-order valence-corrected chi connectivity index (χ1v) is 6.40. The van der Waals surface area contributed by atoms with Gasteiger partial charge in [0.2, 0.25) is 0 Å². The highest BCUT2D eigenvalue weighted by Gasteiger charge is 2.13. The number of hydrogen-bond acceptors (Lipinski definition) is 3. The van der Waals surface area contributed by atoms with Crippen LogP contribution in [0.1, 0.15) is 5.56 Å². The molecule has 6 heteroatoms. The van der Waals surface area contributed by atoms with Crippen LogP contribution in [0, 0.1) is 17.5 Å². The summed E-state index contributed by atoms with van der Waals surface area (Å²) in [5.41, 5.74) is 0.715. The minimum atomic E-state index is -1.20. The van der Waals surface area contributed by atoms with E-state index in [1.807, 2.05) is 0 Å². The molecule has 0 radical (unpaired) electrons. The van der Waals surface area contributed by atoms with Crippen molar-refractivity contribution in [2.24, 2.45) is 0 Å². The van der Waals surface area contributed by atoms with Gasteiger partial charge in [0.15, 0.2) is 23.1 Å². The van der Waals surface area contributed by atoms with Gasteiger partial charge in [0, 0.05) is 29.9 Å². The number of fused-ring (bicyclic) bond motifs is 1. The third-order valence-corrected chi connectivity index (χ3v) is 3.11. The van der Waals surface area contributed by atoms with Crippen LogP contribution in [0.4, 0.5) is 18.9 Å². The van der Waals surface area contributed by atoms with Crippen LogP contribution in [0.3, 0.4) is 0 Å². The maximum atomic E-state index is 13.5. The second-order valence-electron chi connectivity index (χ2n) is 4.57. The summed E-state index contributed by atoms with van der Waals surface area (Å²) in [5.74, 6) is -1.83. The topological polar surface area (TPSA) is 30.5 Å². The van der Waals surface area contributed by atoms with Gasteiger partial charge < -0.3 is 14.8 Å². The van der Waals surface area contributed by atoms with Gasteiger partial charge in [-0.25, -0.2) is 13.2 Å². The highest BCUT2D eigenvalue weighted by atomic mass is 19.2. The highest BCUT2D eigenvalue weighted by Crippen LogP contribution is 2.32. The fraction of sp³-hybridized carbons (Fsp3) is 0.200. The molecule has 3 nitrogen and oxygen atoms in total. The zero-order valence-corrected chi connectivity index (χ0v) is 11.0. The Labute approximate surface area is 119 Å². The van der Waals surface area contributed by atoms with E-state index in [2.05, 4.69) is 5.32 Å². The van der Waals surface area contributed by atoms with E-state index in [4.69, 9.17) is 9.47 Å². The third-order valence-electron chi connectivity index (χ3n) is 3.11.